The Morgan fingerprint density at radius 1 is 1.58 bits per heavy atom. The summed E-state index contributed by atoms with van der Waals surface area (Å²) in [5.74, 6) is 0.563. The molecule has 0 atom stereocenters. The third kappa shape index (κ3) is 2.29. The first-order chi connectivity index (χ1) is 5.61. The summed E-state index contributed by atoms with van der Waals surface area (Å²) in [6.45, 7) is 6.27. The molecular weight excluding hydrogens is 186 g/mol. The van der Waals surface area contributed by atoms with Crippen molar-refractivity contribution in [3.63, 3.8) is 0 Å². The highest BCUT2D eigenvalue weighted by atomic mass is 32.1. The van der Waals surface area contributed by atoms with Crippen molar-refractivity contribution in [3.8, 4) is 0 Å². The Morgan fingerprint density at radius 2 is 2.25 bits per heavy atom. The van der Waals surface area contributed by atoms with E-state index < -0.39 is 0 Å². The van der Waals surface area contributed by atoms with Crippen molar-refractivity contribution in [2.45, 2.75) is 26.7 Å². The van der Waals surface area contributed by atoms with Gasteiger partial charge in [-0.1, -0.05) is 26.1 Å². The minimum atomic E-state index is 0.563. The topological polar surface area (TPSA) is 12.0 Å². The van der Waals surface area contributed by atoms with Gasteiger partial charge < -0.3 is 5.32 Å². The molecule has 1 aromatic heterocycles. The van der Waals surface area contributed by atoms with Crippen LogP contribution in [0, 0.1) is 0 Å². The first-order valence-electron chi connectivity index (χ1n) is 3.96. The van der Waals surface area contributed by atoms with E-state index in [0.29, 0.717) is 5.92 Å². The summed E-state index contributed by atoms with van der Waals surface area (Å²) >= 11 is 6.69. The summed E-state index contributed by atoms with van der Waals surface area (Å²) in [6, 6.07) is 2.15. The van der Waals surface area contributed by atoms with E-state index in [9.17, 15) is 0 Å². The standard InChI is InChI=1S/C9H13NS2/c1-6(2)8-4-5-12-9(8)10-7(3)11/h4-6H,1-3H3,(H,10,11). The predicted octanol–water partition coefficient (Wildman–Crippen LogP) is 3.63. The van der Waals surface area contributed by atoms with E-state index in [2.05, 4.69) is 30.6 Å². The monoisotopic (exact) mass is 199 g/mol. The maximum Gasteiger partial charge on any atom is 0.0965 e. The van der Waals surface area contributed by atoms with Crippen LogP contribution in [-0.2, 0) is 0 Å². The van der Waals surface area contributed by atoms with Crippen LogP contribution in [0.1, 0.15) is 32.3 Å². The average molecular weight is 199 g/mol. The van der Waals surface area contributed by atoms with Crippen LogP contribution < -0.4 is 5.32 Å². The summed E-state index contributed by atoms with van der Waals surface area (Å²) in [7, 11) is 0. The summed E-state index contributed by atoms with van der Waals surface area (Å²) in [5, 5.41) is 6.47. The second-order valence-electron chi connectivity index (χ2n) is 3.04. The molecule has 1 aromatic rings. The highest BCUT2D eigenvalue weighted by Crippen LogP contribution is 2.29. The third-order valence-corrected chi connectivity index (χ3v) is 2.55. The molecule has 12 heavy (non-hydrogen) atoms. The number of rotatable bonds is 2. The Kier molecular flexibility index (Phi) is 3.23. The van der Waals surface area contributed by atoms with Gasteiger partial charge in [0, 0.05) is 0 Å². The van der Waals surface area contributed by atoms with Crippen molar-refractivity contribution in [3.05, 3.63) is 17.0 Å². The number of anilines is 1. The molecule has 0 saturated heterocycles. The number of hydrogen-bond acceptors (Lipinski definition) is 2. The first kappa shape index (κ1) is 9.68. The zero-order valence-electron chi connectivity index (χ0n) is 7.55. The van der Waals surface area contributed by atoms with E-state index in [1.807, 2.05) is 6.92 Å². The molecule has 3 heteroatoms. The van der Waals surface area contributed by atoms with Gasteiger partial charge in [0.25, 0.3) is 0 Å². The molecule has 0 aliphatic carbocycles. The number of thiocarbonyl (C=S) groups is 1. The normalized spacial score (nSPS) is 10.3. The SMILES string of the molecule is CC(=S)Nc1sccc1C(C)C. The number of hydrogen-bond donors (Lipinski definition) is 1. The van der Waals surface area contributed by atoms with Crippen LogP contribution in [0.3, 0.4) is 0 Å². The van der Waals surface area contributed by atoms with Gasteiger partial charge in [-0.3, -0.25) is 0 Å². The molecule has 0 saturated carbocycles. The number of thiophene rings is 1. The molecule has 0 unspecified atom stereocenters. The van der Waals surface area contributed by atoms with Crippen molar-refractivity contribution >= 4 is 33.5 Å². The maximum atomic E-state index is 4.99. The molecule has 1 heterocycles. The highest BCUT2D eigenvalue weighted by Gasteiger charge is 2.07. The molecule has 0 spiro atoms. The van der Waals surface area contributed by atoms with E-state index in [1.54, 1.807) is 11.3 Å². The molecule has 0 aliphatic rings. The van der Waals surface area contributed by atoms with E-state index in [1.165, 1.54) is 10.6 Å². The van der Waals surface area contributed by atoms with Crippen LogP contribution in [-0.4, -0.2) is 4.99 Å². The van der Waals surface area contributed by atoms with Crippen molar-refractivity contribution < 1.29 is 0 Å². The molecule has 1 nitrogen and oxygen atoms in total. The van der Waals surface area contributed by atoms with Crippen LogP contribution in [0.2, 0.25) is 0 Å². The zero-order valence-corrected chi connectivity index (χ0v) is 9.18. The lowest BCUT2D eigenvalue weighted by atomic mass is 10.1. The van der Waals surface area contributed by atoms with Gasteiger partial charge in [0.1, 0.15) is 0 Å². The smallest absolute Gasteiger partial charge is 0.0965 e. The van der Waals surface area contributed by atoms with Crippen LogP contribution in [0.15, 0.2) is 11.4 Å². The third-order valence-electron chi connectivity index (χ3n) is 1.61. The minimum Gasteiger partial charge on any atom is -0.342 e. The minimum absolute atomic E-state index is 0.563. The van der Waals surface area contributed by atoms with Gasteiger partial charge in [0.05, 0.1) is 9.99 Å². The molecule has 0 radical (unpaired) electrons. The highest BCUT2D eigenvalue weighted by molar-refractivity contribution is 7.80. The van der Waals surface area contributed by atoms with Gasteiger partial charge in [0.15, 0.2) is 0 Å². The molecule has 0 amide bonds. The lowest BCUT2D eigenvalue weighted by Gasteiger charge is -2.07. The average Bonchev–Trinajstić information content (AvgIpc) is 2.33. The fourth-order valence-corrected chi connectivity index (χ4v) is 2.20. The summed E-state index contributed by atoms with van der Waals surface area (Å²) < 4.78 is 0. The van der Waals surface area contributed by atoms with Gasteiger partial charge in [-0.05, 0) is 29.9 Å². The lowest BCUT2D eigenvalue weighted by molar-refractivity contribution is 0.874. The fraction of sp³-hybridized carbons (Fsp3) is 0.444. The van der Waals surface area contributed by atoms with Gasteiger partial charge in [-0.2, -0.15) is 0 Å². The molecule has 0 aromatic carbocycles. The Morgan fingerprint density at radius 3 is 2.75 bits per heavy atom. The predicted molar refractivity (Wildman–Crippen MR) is 60.3 cm³/mol. The van der Waals surface area contributed by atoms with Crippen molar-refractivity contribution in [1.29, 1.82) is 0 Å². The Labute approximate surface area is 82.8 Å². The number of nitrogens with one attached hydrogen (secondary N) is 1. The van der Waals surface area contributed by atoms with E-state index >= 15 is 0 Å². The molecule has 0 fully saturated rings. The van der Waals surface area contributed by atoms with E-state index in [-0.39, 0.29) is 0 Å². The van der Waals surface area contributed by atoms with Gasteiger partial charge in [-0.25, -0.2) is 0 Å². The lowest BCUT2D eigenvalue weighted by Crippen LogP contribution is -2.03. The van der Waals surface area contributed by atoms with Crippen molar-refractivity contribution in [1.82, 2.24) is 0 Å². The first-order valence-corrected chi connectivity index (χ1v) is 5.25. The maximum absolute atomic E-state index is 4.99. The van der Waals surface area contributed by atoms with Crippen LogP contribution in [0.4, 0.5) is 5.00 Å². The summed E-state index contributed by atoms with van der Waals surface area (Å²) in [4.78, 5) is 0.833. The van der Waals surface area contributed by atoms with Crippen molar-refractivity contribution in [2.24, 2.45) is 0 Å². The molecule has 66 valence electrons. The molecule has 0 bridgehead atoms. The summed E-state index contributed by atoms with van der Waals surface area (Å²) in [6.07, 6.45) is 0. The Bertz CT molecular complexity index is 276. The Balaban J connectivity index is 2.84. The van der Waals surface area contributed by atoms with Gasteiger partial charge >= 0.3 is 0 Å². The molecule has 0 aliphatic heterocycles. The fourth-order valence-electron chi connectivity index (χ4n) is 1.04. The van der Waals surface area contributed by atoms with Gasteiger partial charge in [-0.15, -0.1) is 11.3 Å². The van der Waals surface area contributed by atoms with Crippen LogP contribution in [0.5, 0.6) is 0 Å². The van der Waals surface area contributed by atoms with E-state index in [4.69, 9.17) is 12.2 Å². The van der Waals surface area contributed by atoms with Crippen LogP contribution >= 0.6 is 23.6 Å². The second kappa shape index (κ2) is 4.01. The zero-order chi connectivity index (χ0) is 9.14. The molecule has 1 N–H and O–H groups in total. The van der Waals surface area contributed by atoms with Gasteiger partial charge in [0.2, 0.25) is 0 Å². The van der Waals surface area contributed by atoms with E-state index in [0.717, 1.165) is 4.99 Å². The Hall–Kier alpha value is -0.410. The quantitative estimate of drug-likeness (QED) is 0.730. The van der Waals surface area contributed by atoms with Crippen molar-refractivity contribution in [2.75, 3.05) is 5.32 Å². The van der Waals surface area contributed by atoms with Crippen LogP contribution in [0.25, 0.3) is 0 Å². The largest absolute Gasteiger partial charge is 0.342 e. The summed E-state index contributed by atoms with van der Waals surface area (Å²) in [5.41, 5.74) is 1.35. The molecule has 1 rings (SSSR count). The molecular formula is C9H13NS2. The second-order valence-corrected chi connectivity index (χ2v) is 4.57.